The summed E-state index contributed by atoms with van der Waals surface area (Å²) >= 11 is 0. The van der Waals surface area contributed by atoms with Crippen molar-refractivity contribution in [1.29, 1.82) is 0 Å². The fraction of sp³-hybridized carbons (Fsp3) is 0.556. The molecule has 0 aromatic heterocycles. The van der Waals surface area contributed by atoms with Gasteiger partial charge in [0, 0.05) is 20.1 Å². The molecular formula is C18H28F3IN4O2. The number of amides is 1. The normalized spacial score (nSPS) is 13.2. The minimum absolute atomic E-state index is 0. The zero-order valence-electron chi connectivity index (χ0n) is 16.4. The Hall–Kier alpha value is -1.72. The van der Waals surface area contributed by atoms with Gasteiger partial charge >= 0.3 is 12.3 Å². The number of halogens is 4. The average Bonchev–Trinajstić information content (AvgIpc) is 2.54. The third-order valence-corrected chi connectivity index (χ3v) is 3.29. The molecule has 160 valence electrons. The van der Waals surface area contributed by atoms with Gasteiger partial charge in [0.05, 0.1) is 12.5 Å². The van der Waals surface area contributed by atoms with E-state index in [0.717, 1.165) is 5.56 Å². The number of hydrogen-bond donors (Lipinski definition) is 3. The first-order chi connectivity index (χ1) is 12.5. The van der Waals surface area contributed by atoms with Crippen LogP contribution in [0.3, 0.4) is 0 Å². The molecule has 0 saturated carbocycles. The maximum atomic E-state index is 12.3. The molecule has 1 aromatic carbocycles. The second-order valence-electron chi connectivity index (χ2n) is 6.85. The van der Waals surface area contributed by atoms with Gasteiger partial charge in [-0.3, -0.25) is 4.99 Å². The van der Waals surface area contributed by atoms with Gasteiger partial charge in [-0.25, -0.2) is 4.79 Å². The zero-order chi connectivity index (χ0) is 20.5. The van der Waals surface area contributed by atoms with Crippen molar-refractivity contribution in [2.24, 2.45) is 4.99 Å². The van der Waals surface area contributed by atoms with E-state index in [2.05, 4.69) is 20.9 Å². The van der Waals surface area contributed by atoms with E-state index in [4.69, 9.17) is 4.74 Å². The van der Waals surface area contributed by atoms with Gasteiger partial charge in [-0.15, -0.1) is 24.0 Å². The summed E-state index contributed by atoms with van der Waals surface area (Å²) in [5.41, 5.74) is 0.176. The number of hydrogen-bond acceptors (Lipinski definition) is 3. The summed E-state index contributed by atoms with van der Waals surface area (Å²) in [6.07, 6.45) is -5.79. The molecule has 3 N–H and O–H groups in total. The molecule has 1 amide bonds. The molecule has 28 heavy (non-hydrogen) atoms. The second-order valence-corrected chi connectivity index (χ2v) is 6.85. The van der Waals surface area contributed by atoms with E-state index in [0.29, 0.717) is 0 Å². The summed E-state index contributed by atoms with van der Waals surface area (Å²) in [6.45, 7) is 5.20. The van der Waals surface area contributed by atoms with Gasteiger partial charge in [0.15, 0.2) is 5.96 Å². The third kappa shape index (κ3) is 11.9. The molecule has 10 heteroatoms. The van der Waals surface area contributed by atoms with Crippen molar-refractivity contribution in [3.8, 4) is 0 Å². The van der Waals surface area contributed by atoms with Crippen molar-refractivity contribution in [3.63, 3.8) is 0 Å². The quantitative estimate of drug-likeness (QED) is 0.304. The first kappa shape index (κ1) is 26.3. The average molecular weight is 516 g/mol. The van der Waals surface area contributed by atoms with Crippen LogP contribution in [0.15, 0.2) is 35.3 Å². The fourth-order valence-corrected chi connectivity index (χ4v) is 2.13. The molecule has 1 atom stereocenters. The van der Waals surface area contributed by atoms with Crippen LogP contribution in [-0.4, -0.2) is 44.0 Å². The van der Waals surface area contributed by atoms with Crippen molar-refractivity contribution < 1.29 is 22.7 Å². The highest BCUT2D eigenvalue weighted by Gasteiger charge is 2.26. The summed E-state index contributed by atoms with van der Waals surface area (Å²) in [5.74, 6) is 0.214. The lowest BCUT2D eigenvalue weighted by atomic mass is 10.1. The zero-order valence-corrected chi connectivity index (χ0v) is 18.7. The number of carbonyl (C=O) groups is 1. The molecule has 0 spiro atoms. The number of ether oxygens (including phenoxy) is 1. The Labute approximate surface area is 180 Å². The summed E-state index contributed by atoms with van der Waals surface area (Å²) in [7, 11) is 1.46. The van der Waals surface area contributed by atoms with Gasteiger partial charge in [0.1, 0.15) is 5.60 Å². The van der Waals surface area contributed by atoms with Crippen LogP contribution in [-0.2, 0) is 4.74 Å². The summed E-state index contributed by atoms with van der Waals surface area (Å²) in [6, 6.07) is 8.72. The minimum atomic E-state index is -4.24. The number of nitrogens with one attached hydrogen (secondary N) is 3. The highest BCUT2D eigenvalue weighted by molar-refractivity contribution is 14.0. The summed E-state index contributed by atoms with van der Waals surface area (Å²) < 4.78 is 42.1. The number of carbonyl (C=O) groups excluding carboxylic acids is 1. The van der Waals surface area contributed by atoms with Crippen molar-refractivity contribution in [1.82, 2.24) is 16.0 Å². The van der Waals surface area contributed by atoms with Crippen LogP contribution < -0.4 is 16.0 Å². The summed E-state index contributed by atoms with van der Waals surface area (Å²) in [5, 5.41) is 8.29. The lowest BCUT2D eigenvalue weighted by molar-refractivity contribution is -0.132. The number of guanidine groups is 1. The van der Waals surface area contributed by atoms with Crippen LogP contribution in [0, 0.1) is 0 Å². The van der Waals surface area contributed by atoms with Gasteiger partial charge in [-0.05, 0) is 26.3 Å². The van der Waals surface area contributed by atoms with Crippen molar-refractivity contribution in [2.45, 2.75) is 45.0 Å². The maximum absolute atomic E-state index is 12.3. The van der Waals surface area contributed by atoms with E-state index in [1.807, 2.05) is 30.3 Å². The van der Waals surface area contributed by atoms with Crippen molar-refractivity contribution in [2.75, 3.05) is 20.1 Å². The Bertz CT molecular complexity index is 619. The molecule has 0 saturated heterocycles. The molecule has 0 radical (unpaired) electrons. The summed E-state index contributed by atoms with van der Waals surface area (Å²) in [4.78, 5) is 16.0. The van der Waals surface area contributed by atoms with E-state index < -0.39 is 30.3 Å². The third-order valence-electron chi connectivity index (χ3n) is 3.29. The second kappa shape index (κ2) is 12.0. The number of rotatable bonds is 6. The Morgan fingerprint density at radius 1 is 1.14 bits per heavy atom. The lowest BCUT2D eigenvalue weighted by Crippen LogP contribution is -2.44. The minimum Gasteiger partial charge on any atom is -0.444 e. The van der Waals surface area contributed by atoms with E-state index in [1.165, 1.54) is 7.05 Å². The number of alkyl carbamates (subject to hydrolysis) is 1. The van der Waals surface area contributed by atoms with E-state index in [-0.39, 0.29) is 43.0 Å². The fourth-order valence-electron chi connectivity index (χ4n) is 2.13. The topological polar surface area (TPSA) is 74.8 Å². The predicted molar refractivity (Wildman–Crippen MR) is 114 cm³/mol. The van der Waals surface area contributed by atoms with Gasteiger partial charge in [-0.1, -0.05) is 30.3 Å². The lowest BCUT2D eigenvalue weighted by Gasteiger charge is -2.25. The van der Waals surface area contributed by atoms with Gasteiger partial charge in [0.2, 0.25) is 0 Å². The number of nitrogens with zero attached hydrogens (tertiary/aromatic N) is 1. The van der Waals surface area contributed by atoms with Gasteiger partial charge in [-0.2, -0.15) is 13.2 Å². The molecule has 1 aromatic rings. The van der Waals surface area contributed by atoms with Gasteiger partial charge < -0.3 is 20.7 Å². The van der Waals surface area contributed by atoms with E-state index in [1.54, 1.807) is 20.8 Å². The van der Waals surface area contributed by atoms with E-state index >= 15 is 0 Å². The van der Waals surface area contributed by atoms with Crippen LogP contribution >= 0.6 is 24.0 Å². The molecule has 1 unspecified atom stereocenters. The predicted octanol–water partition coefficient (Wildman–Crippen LogP) is 3.99. The van der Waals surface area contributed by atoms with Crippen LogP contribution in [0.25, 0.3) is 0 Å². The standard InChI is InChI=1S/C18H27F3N4O2.HI/c1-17(2,3)27-16(26)25-14(13-8-6-5-7-9-13)12-24-15(22-4)23-11-10-18(19,20)21;/h5-9,14H,10-12H2,1-4H3,(H,25,26)(H2,22,23,24);1H. The Morgan fingerprint density at radius 2 is 1.75 bits per heavy atom. The number of benzene rings is 1. The largest absolute Gasteiger partial charge is 0.444 e. The maximum Gasteiger partial charge on any atom is 0.408 e. The van der Waals surface area contributed by atoms with Crippen LogP contribution in [0.2, 0.25) is 0 Å². The SMILES string of the molecule is CN=C(NCCC(F)(F)F)NCC(NC(=O)OC(C)(C)C)c1ccccc1.I. The van der Waals surface area contributed by atoms with Crippen LogP contribution in [0.5, 0.6) is 0 Å². The Morgan fingerprint density at radius 3 is 2.25 bits per heavy atom. The smallest absolute Gasteiger partial charge is 0.408 e. The van der Waals surface area contributed by atoms with Crippen LogP contribution in [0.4, 0.5) is 18.0 Å². The molecule has 0 aliphatic rings. The first-order valence-electron chi connectivity index (χ1n) is 8.56. The molecular weight excluding hydrogens is 488 g/mol. The van der Waals surface area contributed by atoms with Crippen molar-refractivity contribution >= 4 is 36.0 Å². The number of alkyl halides is 3. The molecule has 0 aliphatic carbocycles. The Balaban J connectivity index is 0.00000729. The highest BCUT2D eigenvalue weighted by atomic mass is 127. The van der Waals surface area contributed by atoms with E-state index in [9.17, 15) is 18.0 Å². The molecule has 1 rings (SSSR count). The first-order valence-corrected chi connectivity index (χ1v) is 8.56. The molecule has 0 aliphatic heterocycles. The molecule has 0 heterocycles. The van der Waals surface area contributed by atoms with Crippen LogP contribution in [0.1, 0.15) is 38.8 Å². The molecule has 0 bridgehead atoms. The van der Waals surface area contributed by atoms with Gasteiger partial charge in [0.25, 0.3) is 0 Å². The monoisotopic (exact) mass is 516 g/mol. The molecule has 0 fully saturated rings. The highest BCUT2D eigenvalue weighted by Crippen LogP contribution is 2.18. The van der Waals surface area contributed by atoms with Crippen molar-refractivity contribution in [3.05, 3.63) is 35.9 Å². The molecule has 6 nitrogen and oxygen atoms in total. The number of aliphatic imine (C=N–C) groups is 1. The Kier molecular flexibility index (Phi) is 11.2.